The van der Waals surface area contributed by atoms with Crippen LogP contribution in [0.2, 0.25) is 0 Å². The number of ether oxygens (including phenoxy) is 1. The number of hydrogen-bond donors (Lipinski definition) is 0. The Balaban J connectivity index is 1.26. The summed E-state index contributed by atoms with van der Waals surface area (Å²) in [6.07, 6.45) is 4.94. The molecule has 0 aliphatic carbocycles. The summed E-state index contributed by atoms with van der Waals surface area (Å²) in [5.74, 6) is 2.22. The molecule has 2 aliphatic rings. The van der Waals surface area contributed by atoms with Crippen LogP contribution < -0.4 is 9.64 Å². The fraction of sp³-hybridized carbons (Fsp3) is 0.400. The lowest BCUT2D eigenvalue weighted by atomic mass is 9.94. The fourth-order valence-corrected chi connectivity index (χ4v) is 4.89. The van der Waals surface area contributed by atoms with Crippen LogP contribution in [0.25, 0.3) is 11.7 Å². The molecule has 4 heterocycles. The Hall–Kier alpha value is -3.73. The van der Waals surface area contributed by atoms with Crippen LogP contribution in [-0.4, -0.2) is 42.5 Å². The summed E-state index contributed by atoms with van der Waals surface area (Å²) >= 11 is 0. The first-order valence-corrected chi connectivity index (χ1v) is 11.3. The molecule has 3 aromatic rings. The molecule has 0 spiro atoms. The number of piperidine rings is 1. The summed E-state index contributed by atoms with van der Waals surface area (Å²) in [6, 6.07) is 13.7. The van der Waals surface area contributed by atoms with E-state index < -0.39 is 0 Å². The maximum absolute atomic E-state index is 13.4. The molecule has 1 unspecified atom stereocenters. The van der Waals surface area contributed by atoms with Gasteiger partial charge in [0.15, 0.2) is 5.76 Å². The highest BCUT2D eigenvalue weighted by atomic mass is 16.5. The van der Waals surface area contributed by atoms with E-state index in [-0.39, 0.29) is 23.6 Å². The number of likely N-dealkylation sites (tertiary alicyclic amines) is 1. The number of carbonyl (C=O) groups is 1. The average Bonchev–Trinajstić information content (AvgIpc) is 3.64. The SMILES string of the molecule is COc1cccc(C2CCCN2C(=O)C2CCN(c3oc(-c4ccco4)nc3C#N)CC2)c1. The molecule has 2 fully saturated rings. The third kappa shape index (κ3) is 4.07. The van der Waals surface area contributed by atoms with Crippen molar-refractivity contribution in [2.24, 2.45) is 5.92 Å². The van der Waals surface area contributed by atoms with E-state index in [4.69, 9.17) is 13.6 Å². The Bertz CT molecular complexity index is 1160. The second kappa shape index (κ2) is 9.02. The van der Waals surface area contributed by atoms with Gasteiger partial charge in [-0.2, -0.15) is 10.2 Å². The van der Waals surface area contributed by atoms with Crippen molar-refractivity contribution in [2.75, 3.05) is 31.6 Å². The summed E-state index contributed by atoms with van der Waals surface area (Å²) in [5.41, 5.74) is 1.37. The average molecular weight is 447 g/mol. The van der Waals surface area contributed by atoms with Crippen LogP contribution in [0.5, 0.6) is 5.75 Å². The normalized spacial score (nSPS) is 19.0. The minimum Gasteiger partial charge on any atom is -0.497 e. The Kier molecular flexibility index (Phi) is 5.78. The fourth-order valence-electron chi connectivity index (χ4n) is 4.89. The van der Waals surface area contributed by atoms with E-state index in [0.717, 1.165) is 30.7 Å². The van der Waals surface area contributed by atoms with Gasteiger partial charge in [0.2, 0.25) is 17.5 Å². The number of hydrogen-bond acceptors (Lipinski definition) is 7. The monoisotopic (exact) mass is 446 g/mol. The van der Waals surface area contributed by atoms with Crippen LogP contribution in [-0.2, 0) is 4.79 Å². The highest BCUT2D eigenvalue weighted by molar-refractivity contribution is 5.80. The van der Waals surface area contributed by atoms with Gasteiger partial charge < -0.3 is 23.4 Å². The zero-order chi connectivity index (χ0) is 22.8. The summed E-state index contributed by atoms with van der Waals surface area (Å²) in [6.45, 7) is 2.05. The molecule has 2 saturated heterocycles. The minimum absolute atomic E-state index is 0.0366. The van der Waals surface area contributed by atoms with E-state index in [0.29, 0.717) is 43.5 Å². The molecule has 0 saturated carbocycles. The maximum atomic E-state index is 13.4. The van der Waals surface area contributed by atoms with Crippen molar-refractivity contribution in [1.29, 1.82) is 5.26 Å². The zero-order valence-corrected chi connectivity index (χ0v) is 18.6. The van der Waals surface area contributed by atoms with Crippen LogP contribution in [0.15, 0.2) is 51.5 Å². The largest absolute Gasteiger partial charge is 0.497 e. The number of carbonyl (C=O) groups excluding carboxylic acids is 1. The number of anilines is 1. The molecule has 8 heteroatoms. The Morgan fingerprint density at radius 2 is 2.03 bits per heavy atom. The van der Waals surface area contributed by atoms with Crippen molar-refractivity contribution in [3.05, 3.63) is 53.9 Å². The quantitative estimate of drug-likeness (QED) is 0.573. The van der Waals surface area contributed by atoms with Gasteiger partial charge in [0, 0.05) is 25.6 Å². The number of rotatable bonds is 5. The Morgan fingerprint density at radius 3 is 2.76 bits per heavy atom. The van der Waals surface area contributed by atoms with Crippen molar-refractivity contribution in [3.63, 3.8) is 0 Å². The molecular weight excluding hydrogens is 420 g/mol. The topological polar surface area (TPSA) is 95.7 Å². The number of nitrogens with zero attached hydrogens (tertiary/aromatic N) is 4. The van der Waals surface area contributed by atoms with E-state index >= 15 is 0 Å². The number of furan rings is 1. The van der Waals surface area contributed by atoms with Crippen molar-refractivity contribution >= 4 is 11.8 Å². The number of aromatic nitrogens is 1. The van der Waals surface area contributed by atoms with Crippen LogP contribution in [0, 0.1) is 17.2 Å². The molecular formula is C25H26N4O4. The number of methoxy groups -OCH3 is 1. The van der Waals surface area contributed by atoms with Crippen molar-refractivity contribution < 1.29 is 18.4 Å². The predicted molar refractivity (Wildman–Crippen MR) is 121 cm³/mol. The van der Waals surface area contributed by atoms with Gasteiger partial charge >= 0.3 is 0 Å². The third-order valence-electron chi connectivity index (χ3n) is 6.59. The lowest BCUT2D eigenvalue weighted by Crippen LogP contribution is -2.42. The first-order valence-electron chi connectivity index (χ1n) is 11.3. The van der Waals surface area contributed by atoms with Gasteiger partial charge in [-0.1, -0.05) is 12.1 Å². The van der Waals surface area contributed by atoms with E-state index in [9.17, 15) is 10.1 Å². The van der Waals surface area contributed by atoms with E-state index in [1.807, 2.05) is 28.0 Å². The van der Waals surface area contributed by atoms with Gasteiger partial charge in [-0.25, -0.2) is 0 Å². The van der Waals surface area contributed by atoms with Gasteiger partial charge in [-0.05, 0) is 55.5 Å². The second-order valence-corrected chi connectivity index (χ2v) is 8.49. The van der Waals surface area contributed by atoms with Crippen LogP contribution in [0.3, 0.4) is 0 Å². The van der Waals surface area contributed by atoms with Crippen molar-refractivity contribution in [1.82, 2.24) is 9.88 Å². The first kappa shape index (κ1) is 21.1. The Labute approximate surface area is 192 Å². The zero-order valence-electron chi connectivity index (χ0n) is 18.6. The summed E-state index contributed by atoms with van der Waals surface area (Å²) in [7, 11) is 1.66. The molecule has 5 rings (SSSR count). The van der Waals surface area contributed by atoms with Crippen LogP contribution in [0.1, 0.15) is 43.0 Å². The van der Waals surface area contributed by atoms with Gasteiger partial charge in [0.1, 0.15) is 11.8 Å². The van der Waals surface area contributed by atoms with E-state index in [1.165, 1.54) is 0 Å². The molecule has 1 amide bonds. The molecule has 1 atom stereocenters. The first-order chi connectivity index (χ1) is 16.2. The number of benzene rings is 1. The maximum Gasteiger partial charge on any atom is 0.266 e. The number of amides is 1. The molecule has 2 aromatic heterocycles. The number of oxazole rings is 1. The highest BCUT2D eigenvalue weighted by Crippen LogP contribution is 2.37. The second-order valence-electron chi connectivity index (χ2n) is 8.49. The molecule has 8 nitrogen and oxygen atoms in total. The predicted octanol–water partition coefficient (Wildman–Crippen LogP) is 4.39. The molecule has 0 bridgehead atoms. The number of nitriles is 1. The molecule has 2 aliphatic heterocycles. The standard InChI is InChI=1S/C25H26N4O4/c1-31-19-6-2-5-18(15-19)21-7-3-11-29(21)24(30)17-9-12-28(13-10-17)25-20(16-26)27-23(33-25)22-8-4-14-32-22/h2,4-6,8,14-15,17,21H,3,7,9-13H2,1H3. The molecule has 33 heavy (non-hydrogen) atoms. The third-order valence-corrected chi connectivity index (χ3v) is 6.59. The smallest absolute Gasteiger partial charge is 0.266 e. The molecule has 170 valence electrons. The lowest BCUT2D eigenvalue weighted by molar-refractivity contribution is -0.137. The van der Waals surface area contributed by atoms with Gasteiger partial charge in [-0.15, -0.1) is 0 Å². The summed E-state index contributed by atoms with van der Waals surface area (Å²) < 4.78 is 16.6. The van der Waals surface area contributed by atoms with Crippen molar-refractivity contribution in [2.45, 2.75) is 31.7 Å². The van der Waals surface area contributed by atoms with Gasteiger partial charge in [0.05, 0.1) is 19.4 Å². The summed E-state index contributed by atoms with van der Waals surface area (Å²) in [4.78, 5) is 21.8. The van der Waals surface area contributed by atoms with E-state index in [2.05, 4.69) is 17.1 Å². The van der Waals surface area contributed by atoms with Crippen LogP contribution in [0.4, 0.5) is 5.88 Å². The van der Waals surface area contributed by atoms with Gasteiger partial charge in [0.25, 0.3) is 5.89 Å². The van der Waals surface area contributed by atoms with Crippen molar-refractivity contribution in [3.8, 4) is 23.5 Å². The summed E-state index contributed by atoms with van der Waals surface area (Å²) in [5, 5.41) is 9.52. The van der Waals surface area contributed by atoms with E-state index in [1.54, 1.807) is 25.5 Å². The Morgan fingerprint density at radius 1 is 1.18 bits per heavy atom. The molecule has 1 aromatic carbocycles. The molecule has 0 N–H and O–H groups in total. The minimum atomic E-state index is -0.0366. The van der Waals surface area contributed by atoms with Crippen LogP contribution >= 0.6 is 0 Å². The highest BCUT2D eigenvalue weighted by Gasteiger charge is 2.36. The lowest BCUT2D eigenvalue weighted by Gasteiger charge is -2.35. The van der Waals surface area contributed by atoms with Gasteiger partial charge in [-0.3, -0.25) is 4.79 Å². The molecule has 0 radical (unpaired) electrons.